The Morgan fingerprint density at radius 2 is 2.12 bits per heavy atom. The van der Waals surface area contributed by atoms with Crippen LogP contribution in [0.1, 0.15) is 25.8 Å². The number of halogens is 1. The number of hydrogen-bond donors (Lipinski definition) is 1. The van der Waals surface area contributed by atoms with Crippen molar-refractivity contribution < 1.29 is 9.47 Å². The molecule has 0 amide bonds. The molecule has 0 heterocycles. The molecule has 0 fully saturated rings. The van der Waals surface area contributed by atoms with Crippen molar-refractivity contribution in [3.63, 3.8) is 0 Å². The Kier molecular flexibility index (Phi) is 5.59. The summed E-state index contributed by atoms with van der Waals surface area (Å²) in [6.45, 7) is 4.66. The third kappa shape index (κ3) is 3.79. The number of nitrogens with two attached hydrogens (primary N) is 1. The zero-order valence-corrected chi connectivity index (χ0v) is 11.4. The smallest absolute Gasteiger partial charge is 0.164 e. The SMILES string of the molecule is CCC(C)Oc1c(CCN)cc(Cl)cc1OC. The van der Waals surface area contributed by atoms with E-state index in [1.165, 1.54) is 0 Å². The van der Waals surface area contributed by atoms with Crippen molar-refractivity contribution in [2.75, 3.05) is 13.7 Å². The molecule has 0 aliphatic carbocycles. The molecule has 1 unspecified atom stereocenters. The molecule has 0 radical (unpaired) electrons. The standard InChI is InChI=1S/C13H20ClNO2/c1-4-9(2)17-13-10(5-6-15)7-11(14)8-12(13)16-3/h7-9H,4-6,15H2,1-3H3. The van der Waals surface area contributed by atoms with Crippen LogP contribution >= 0.6 is 11.6 Å². The predicted molar refractivity (Wildman–Crippen MR) is 71.1 cm³/mol. The normalized spacial score (nSPS) is 12.3. The van der Waals surface area contributed by atoms with Gasteiger partial charge in [0.05, 0.1) is 13.2 Å². The van der Waals surface area contributed by atoms with Gasteiger partial charge in [-0.3, -0.25) is 0 Å². The molecular formula is C13H20ClNO2. The molecule has 1 aromatic rings. The van der Waals surface area contributed by atoms with Gasteiger partial charge in [0.25, 0.3) is 0 Å². The van der Waals surface area contributed by atoms with Crippen molar-refractivity contribution in [3.05, 3.63) is 22.7 Å². The Hall–Kier alpha value is -0.930. The summed E-state index contributed by atoms with van der Waals surface area (Å²) >= 11 is 6.03. The Morgan fingerprint density at radius 1 is 1.41 bits per heavy atom. The summed E-state index contributed by atoms with van der Waals surface area (Å²) in [5, 5.41) is 0.641. The average molecular weight is 258 g/mol. The van der Waals surface area contributed by atoms with Crippen molar-refractivity contribution in [2.45, 2.75) is 32.8 Å². The third-order valence-corrected chi connectivity index (χ3v) is 2.84. The molecule has 0 aromatic heterocycles. The zero-order valence-electron chi connectivity index (χ0n) is 10.6. The van der Waals surface area contributed by atoms with Gasteiger partial charge in [-0.05, 0) is 32.4 Å². The maximum atomic E-state index is 6.03. The van der Waals surface area contributed by atoms with E-state index in [0.717, 1.165) is 24.2 Å². The van der Waals surface area contributed by atoms with E-state index in [1.807, 2.05) is 13.0 Å². The van der Waals surface area contributed by atoms with Crippen molar-refractivity contribution in [1.82, 2.24) is 0 Å². The lowest BCUT2D eigenvalue weighted by Gasteiger charge is -2.19. The summed E-state index contributed by atoms with van der Waals surface area (Å²) in [5.41, 5.74) is 6.59. The predicted octanol–water partition coefficient (Wildman–Crippen LogP) is 3.03. The van der Waals surface area contributed by atoms with E-state index >= 15 is 0 Å². The fraction of sp³-hybridized carbons (Fsp3) is 0.538. The molecule has 0 saturated carbocycles. The molecule has 96 valence electrons. The number of methoxy groups -OCH3 is 1. The first-order chi connectivity index (χ1) is 8.12. The first-order valence-electron chi connectivity index (χ1n) is 5.85. The number of benzene rings is 1. The fourth-order valence-electron chi connectivity index (χ4n) is 1.53. The van der Waals surface area contributed by atoms with Crippen LogP contribution in [-0.2, 0) is 6.42 Å². The van der Waals surface area contributed by atoms with Crippen LogP contribution in [0.2, 0.25) is 5.02 Å². The Bertz CT molecular complexity index is 369. The van der Waals surface area contributed by atoms with E-state index in [4.69, 9.17) is 26.8 Å². The van der Waals surface area contributed by atoms with Crippen LogP contribution < -0.4 is 15.2 Å². The van der Waals surface area contributed by atoms with Gasteiger partial charge in [-0.15, -0.1) is 0 Å². The second-order valence-electron chi connectivity index (χ2n) is 3.97. The zero-order chi connectivity index (χ0) is 12.8. The first kappa shape index (κ1) is 14.1. The highest BCUT2D eigenvalue weighted by molar-refractivity contribution is 6.30. The maximum Gasteiger partial charge on any atom is 0.164 e. The van der Waals surface area contributed by atoms with Gasteiger partial charge < -0.3 is 15.2 Å². The van der Waals surface area contributed by atoms with E-state index in [9.17, 15) is 0 Å². The van der Waals surface area contributed by atoms with E-state index in [2.05, 4.69) is 6.92 Å². The molecule has 1 rings (SSSR count). The van der Waals surface area contributed by atoms with Crippen LogP contribution in [0.3, 0.4) is 0 Å². The van der Waals surface area contributed by atoms with E-state index in [1.54, 1.807) is 13.2 Å². The Morgan fingerprint density at radius 3 is 2.65 bits per heavy atom. The minimum absolute atomic E-state index is 0.140. The molecule has 2 N–H and O–H groups in total. The molecule has 0 bridgehead atoms. The number of hydrogen-bond acceptors (Lipinski definition) is 3. The van der Waals surface area contributed by atoms with Crippen LogP contribution in [-0.4, -0.2) is 19.8 Å². The van der Waals surface area contributed by atoms with Gasteiger partial charge in [-0.1, -0.05) is 18.5 Å². The minimum Gasteiger partial charge on any atom is -0.493 e. The summed E-state index contributed by atoms with van der Waals surface area (Å²) in [6, 6.07) is 3.65. The summed E-state index contributed by atoms with van der Waals surface area (Å²) in [5.74, 6) is 1.43. The monoisotopic (exact) mass is 257 g/mol. The van der Waals surface area contributed by atoms with Crippen molar-refractivity contribution in [3.8, 4) is 11.5 Å². The van der Waals surface area contributed by atoms with Gasteiger partial charge >= 0.3 is 0 Å². The van der Waals surface area contributed by atoms with Gasteiger partial charge in [0, 0.05) is 16.7 Å². The highest BCUT2D eigenvalue weighted by Crippen LogP contribution is 2.35. The molecular weight excluding hydrogens is 238 g/mol. The highest BCUT2D eigenvalue weighted by atomic mass is 35.5. The van der Waals surface area contributed by atoms with Crippen molar-refractivity contribution in [2.24, 2.45) is 5.73 Å². The lowest BCUT2D eigenvalue weighted by Crippen LogP contribution is -2.13. The molecule has 0 aliphatic heterocycles. The molecule has 17 heavy (non-hydrogen) atoms. The topological polar surface area (TPSA) is 44.5 Å². The Labute approximate surface area is 108 Å². The molecule has 0 saturated heterocycles. The summed E-state index contributed by atoms with van der Waals surface area (Å²) in [7, 11) is 1.61. The van der Waals surface area contributed by atoms with Crippen LogP contribution in [0.4, 0.5) is 0 Å². The second-order valence-corrected chi connectivity index (χ2v) is 4.41. The molecule has 0 spiro atoms. The summed E-state index contributed by atoms with van der Waals surface area (Å²) < 4.78 is 11.2. The van der Waals surface area contributed by atoms with E-state index < -0.39 is 0 Å². The fourth-order valence-corrected chi connectivity index (χ4v) is 1.76. The van der Waals surface area contributed by atoms with E-state index in [0.29, 0.717) is 17.3 Å². The van der Waals surface area contributed by atoms with Gasteiger partial charge in [-0.2, -0.15) is 0 Å². The van der Waals surface area contributed by atoms with Crippen molar-refractivity contribution in [1.29, 1.82) is 0 Å². The van der Waals surface area contributed by atoms with Crippen molar-refractivity contribution >= 4 is 11.6 Å². The molecule has 4 heteroatoms. The maximum absolute atomic E-state index is 6.03. The molecule has 1 atom stereocenters. The number of rotatable bonds is 6. The van der Waals surface area contributed by atoms with Gasteiger partial charge in [-0.25, -0.2) is 0 Å². The van der Waals surface area contributed by atoms with Crippen LogP contribution in [0, 0.1) is 0 Å². The van der Waals surface area contributed by atoms with Gasteiger partial charge in [0.1, 0.15) is 0 Å². The third-order valence-electron chi connectivity index (χ3n) is 2.62. The second kappa shape index (κ2) is 6.72. The number of ether oxygens (including phenoxy) is 2. The first-order valence-corrected chi connectivity index (χ1v) is 6.23. The molecule has 3 nitrogen and oxygen atoms in total. The summed E-state index contributed by atoms with van der Waals surface area (Å²) in [4.78, 5) is 0. The lowest BCUT2D eigenvalue weighted by molar-refractivity contribution is 0.205. The quantitative estimate of drug-likeness (QED) is 0.852. The summed E-state index contributed by atoms with van der Waals surface area (Å²) in [6.07, 6.45) is 1.80. The van der Waals surface area contributed by atoms with Gasteiger partial charge in [0.2, 0.25) is 0 Å². The largest absolute Gasteiger partial charge is 0.493 e. The van der Waals surface area contributed by atoms with Gasteiger partial charge in [0.15, 0.2) is 11.5 Å². The molecule has 1 aromatic carbocycles. The molecule has 0 aliphatic rings. The van der Waals surface area contributed by atoms with E-state index in [-0.39, 0.29) is 6.10 Å². The highest BCUT2D eigenvalue weighted by Gasteiger charge is 2.14. The Balaban J connectivity index is 3.11. The van der Waals surface area contributed by atoms with Crippen LogP contribution in [0.5, 0.6) is 11.5 Å². The lowest BCUT2D eigenvalue weighted by atomic mass is 10.1. The van der Waals surface area contributed by atoms with Crippen LogP contribution in [0.25, 0.3) is 0 Å². The van der Waals surface area contributed by atoms with Crippen LogP contribution in [0.15, 0.2) is 12.1 Å². The average Bonchev–Trinajstić information content (AvgIpc) is 2.32. The minimum atomic E-state index is 0.140.